The summed E-state index contributed by atoms with van der Waals surface area (Å²) in [5.41, 5.74) is 0.739. The molecule has 20 heavy (non-hydrogen) atoms. The number of aliphatic carboxylic acids is 1. The summed E-state index contributed by atoms with van der Waals surface area (Å²) in [6, 6.07) is 0.227. The molecule has 0 unspecified atom stereocenters. The van der Waals surface area contributed by atoms with E-state index in [9.17, 15) is 9.59 Å². The first-order valence-corrected chi connectivity index (χ1v) is 7.44. The molecule has 106 valence electrons. The molecular formula is C13H15N3O3S. The minimum absolute atomic E-state index is 0.000516. The number of carbonyl (C=O) groups is 2. The molecule has 0 atom stereocenters. The first-order valence-electron chi connectivity index (χ1n) is 6.56. The van der Waals surface area contributed by atoms with E-state index in [1.54, 1.807) is 4.90 Å². The normalized spacial score (nSPS) is 14.6. The van der Waals surface area contributed by atoms with Crippen LogP contribution in [-0.2, 0) is 16.0 Å². The number of nitrogens with zero attached hydrogens (tertiary/aromatic N) is 3. The summed E-state index contributed by atoms with van der Waals surface area (Å²) in [5.74, 6) is -0.898. The zero-order valence-corrected chi connectivity index (χ0v) is 11.7. The molecule has 0 aromatic carbocycles. The van der Waals surface area contributed by atoms with Crippen LogP contribution < -0.4 is 0 Å². The van der Waals surface area contributed by atoms with Gasteiger partial charge in [-0.15, -0.1) is 11.3 Å². The van der Waals surface area contributed by atoms with Gasteiger partial charge in [0.1, 0.15) is 0 Å². The SMILES string of the molecule is O=C(O)CCN(C(=O)Cc1cn2ccsc2n1)C1CC1. The lowest BCUT2D eigenvalue weighted by Gasteiger charge is -2.21. The van der Waals surface area contributed by atoms with Crippen LogP contribution in [0, 0.1) is 0 Å². The van der Waals surface area contributed by atoms with E-state index in [-0.39, 0.29) is 24.8 Å². The molecule has 6 nitrogen and oxygen atoms in total. The van der Waals surface area contributed by atoms with Crippen LogP contribution in [0.2, 0.25) is 0 Å². The minimum Gasteiger partial charge on any atom is -0.481 e. The summed E-state index contributed by atoms with van der Waals surface area (Å²) >= 11 is 1.53. The molecule has 0 saturated heterocycles. The molecule has 7 heteroatoms. The quantitative estimate of drug-likeness (QED) is 0.873. The van der Waals surface area contributed by atoms with Crippen molar-refractivity contribution in [1.29, 1.82) is 0 Å². The highest BCUT2D eigenvalue weighted by molar-refractivity contribution is 7.15. The molecule has 3 rings (SSSR count). The Labute approximate surface area is 119 Å². The third-order valence-electron chi connectivity index (χ3n) is 3.35. The average Bonchev–Trinajstić information content (AvgIpc) is 2.99. The fourth-order valence-corrected chi connectivity index (χ4v) is 2.95. The van der Waals surface area contributed by atoms with Crippen LogP contribution in [0.3, 0.4) is 0 Å². The predicted molar refractivity (Wildman–Crippen MR) is 73.8 cm³/mol. The third-order valence-corrected chi connectivity index (χ3v) is 4.12. The summed E-state index contributed by atoms with van der Waals surface area (Å²) in [4.78, 5) is 29.9. The summed E-state index contributed by atoms with van der Waals surface area (Å²) in [6.07, 6.45) is 5.95. The van der Waals surface area contributed by atoms with Gasteiger partial charge in [0.25, 0.3) is 0 Å². The number of amides is 1. The molecule has 1 aliphatic rings. The molecule has 0 radical (unpaired) electrons. The molecule has 1 amide bonds. The van der Waals surface area contributed by atoms with E-state index in [0.29, 0.717) is 6.54 Å². The van der Waals surface area contributed by atoms with Gasteiger partial charge in [-0.1, -0.05) is 0 Å². The van der Waals surface area contributed by atoms with Gasteiger partial charge < -0.3 is 10.0 Å². The standard InChI is InChI=1S/C13H15N3O3S/c17-11(16(10-1-2-10)4-3-12(18)19)7-9-8-15-5-6-20-13(15)14-9/h5-6,8,10H,1-4,7H2,(H,18,19). The number of carbonyl (C=O) groups excluding carboxylic acids is 1. The zero-order valence-electron chi connectivity index (χ0n) is 10.9. The smallest absolute Gasteiger partial charge is 0.305 e. The van der Waals surface area contributed by atoms with E-state index in [1.807, 2.05) is 22.2 Å². The van der Waals surface area contributed by atoms with E-state index in [2.05, 4.69) is 4.98 Å². The van der Waals surface area contributed by atoms with Gasteiger partial charge in [-0.2, -0.15) is 0 Å². The highest BCUT2D eigenvalue weighted by Gasteiger charge is 2.32. The van der Waals surface area contributed by atoms with Gasteiger partial charge in [0.05, 0.1) is 18.5 Å². The van der Waals surface area contributed by atoms with Gasteiger partial charge in [0, 0.05) is 30.4 Å². The molecule has 2 aromatic heterocycles. The number of rotatable bonds is 6. The first kappa shape index (κ1) is 13.1. The lowest BCUT2D eigenvalue weighted by Crippen LogP contribution is -2.36. The van der Waals surface area contributed by atoms with Crippen molar-refractivity contribution in [3.05, 3.63) is 23.5 Å². The molecule has 1 aliphatic carbocycles. The Morgan fingerprint density at radius 3 is 2.95 bits per heavy atom. The van der Waals surface area contributed by atoms with Gasteiger partial charge >= 0.3 is 5.97 Å². The lowest BCUT2D eigenvalue weighted by atomic mass is 10.2. The molecule has 1 fully saturated rings. The van der Waals surface area contributed by atoms with Crippen molar-refractivity contribution in [2.24, 2.45) is 0 Å². The Morgan fingerprint density at radius 1 is 1.50 bits per heavy atom. The summed E-state index contributed by atoms with van der Waals surface area (Å²) in [7, 11) is 0. The Balaban J connectivity index is 1.66. The van der Waals surface area contributed by atoms with Crippen molar-refractivity contribution in [3.63, 3.8) is 0 Å². The van der Waals surface area contributed by atoms with Crippen molar-refractivity contribution in [2.45, 2.75) is 31.7 Å². The Morgan fingerprint density at radius 2 is 2.30 bits per heavy atom. The van der Waals surface area contributed by atoms with E-state index in [4.69, 9.17) is 5.11 Å². The topological polar surface area (TPSA) is 74.9 Å². The highest BCUT2D eigenvalue weighted by Crippen LogP contribution is 2.27. The van der Waals surface area contributed by atoms with E-state index in [0.717, 1.165) is 23.5 Å². The van der Waals surface area contributed by atoms with Crippen LogP contribution in [-0.4, -0.2) is 43.9 Å². The predicted octanol–water partition coefficient (Wildman–Crippen LogP) is 1.40. The second kappa shape index (κ2) is 5.24. The lowest BCUT2D eigenvalue weighted by molar-refractivity contribution is -0.138. The van der Waals surface area contributed by atoms with Crippen LogP contribution in [0.15, 0.2) is 17.8 Å². The second-order valence-corrected chi connectivity index (χ2v) is 5.84. The maximum atomic E-state index is 12.3. The van der Waals surface area contributed by atoms with Gasteiger partial charge in [-0.3, -0.25) is 14.0 Å². The van der Waals surface area contributed by atoms with Crippen LogP contribution in [0.4, 0.5) is 0 Å². The number of hydrogen-bond donors (Lipinski definition) is 1. The Kier molecular flexibility index (Phi) is 3.43. The van der Waals surface area contributed by atoms with Gasteiger partial charge in [-0.25, -0.2) is 4.98 Å². The molecule has 1 N–H and O–H groups in total. The Bertz CT molecular complexity index is 616. The monoisotopic (exact) mass is 293 g/mol. The number of aromatic nitrogens is 2. The number of carboxylic acids is 1. The first-order chi connectivity index (χ1) is 9.63. The van der Waals surface area contributed by atoms with Crippen molar-refractivity contribution >= 4 is 28.2 Å². The van der Waals surface area contributed by atoms with E-state index < -0.39 is 5.97 Å². The van der Waals surface area contributed by atoms with Crippen LogP contribution in [0.25, 0.3) is 4.96 Å². The maximum absolute atomic E-state index is 12.3. The van der Waals surface area contributed by atoms with Gasteiger partial charge in [-0.05, 0) is 12.8 Å². The van der Waals surface area contributed by atoms with Crippen LogP contribution >= 0.6 is 11.3 Å². The van der Waals surface area contributed by atoms with Gasteiger partial charge in [0.15, 0.2) is 4.96 Å². The zero-order chi connectivity index (χ0) is 14.1. The minimum atomic E-state index is -0.869. The molecule has 1 saturated carbocycles. The third kappa shape index (κ3) is 2.82. The molecule has 0 spiro atoms. The molecule has 2 heterocycles. The van der Waals surface area contributed by atoms with E-state index in [1.165, 1.54) is 11.3 Å². The van der Waals surface area contributed by atoms with Crippen molar-refractivity contribution < 1.29 is 14.7 Å². The number of fused-ring (bicyclic) bond motifs is 1. The van der Waals surface area contributed by atoms with Crippen molar-refractivity contribution in [3.8, 4) is 0 Å². The fourth-order valence-electron chi connectivity index (χ4n) is 2.23. The number of thiazole rings is 1. The second-order valence-electron chi connectivity index (χ2n) is 4.96. The number of imidazole rings is 1. The molecule has 0 aliphatic heterocycles. The average molecular weight is 293 g/mol. The fraction of sp³-hybridized carbons (Fsp3) is 0.462. The van der Waals surface area contributed by atoms with Gasteiger partial charge in [0.2, 0.25) is 5.91 Å². The molecular weight excluding hydrogens is 278 g/mol. The summed E-state index contributed by atoms with van der Waals surface area (Å²) in [6.45, 7) is 0.293. The van der Waals surface area contributed by atoms with Crippen LogP contribution in [0.5, 0.6) is 0 Å². The molecule has 2 aromatic rings. The molecule has 0 bridgehead atoms. The number of carboxylic acid groups (broad SMARTS) is 1. The van der Waals surface area contributed by atoms with E-state index >= 15 is 0 Å². The van der Waals surface area contributed by atoms with Crippen molar-refractivity contribution in [1.82, 2.24) is 14.3 Å². The Hall–Kier alpha value is -1.89. The summed E-state index contributed by atoms with van der Waals surface area (Å²) in [5, 5.41) is 10.7. The van der Waals surface area contributed by atoms with Crippen LogP contribution in [0.1, 0.15) is 25.0 Å². The highest BCUT2D eigenvalue weighted by atomic mass is 32.1. The maximum Gasteiger partial charge on any atom is 0.305 e. The van der Waals surface area contributed by atoms with Crippen molar-refractivity contribution in [2.75, 3.05) is 6.54 Å². The largest absolute Gasteiger partial charge is 0.481 e. The summed E-state index contributed by atoms with van der Waals surface area (Å²) < 4.78 is 1.89. The number of hydrogen-bond acceptors (Lipinski definition) is 4.